The Balaban J connectivity index is 1.64. The summed E-state index contributed by atoms with van der Waals surface area (Å²) in [7, 11) is 0. The number of hydrogen-bond acceptors (Lipinski definition) is 3. The van der Waals surface area contributed by atoms with Crippen LogP contribution in [0.15, 0.2) is 0 Å². The molecule has 0 aromatic carbocycles. The topological polar surface area (TPSA) is 41.6 Å². The van der Waals surface area contributed by atoms with Gasteiger partial charge in [-0.1, -0.05) is 6.42 Å². The molecule has 4 nitrogen and oxygen atoms in total. The van der Waals surface area contributed by atoms with Gasteiger partial charge in [0.25, 0.3) is 0 Å². The highest BCUT2D eigenvalue weighted by Gasteiger charge is 2.29. The van der Waals surface area contributed by atoms with Crippen LogP contribution in [0, 0.1) is 5.92 Å². The van der Waals surface area contributed by atoms with Crippen molar-refractivity contribution in [3.63, 3.8) is 0 Å². The molecule has 4 heteroatoms. The van der Waals surface area contributed by atoms with Crippen LogP contribution in [0.25, 0.3) is 0 Å². The van der Waals surface area contributed by atoms with Crippen molar-refractivity contribution in [2.24, 2.45) is 5.92 Å². The number of ether oxygens (including phenoxy) is 1. The molecule has 0 aromatic rings. The highest BCUT2D eigenvalue weighted by atomic mass is 16.5. The van der Waals surface area contributed by atoms with Gasteiger partial charge in [0.05, 0.1) is 12.6 Å². The number of nitrogens with one attached hydrogen (secondary N) is 1. The second-order valence-corrected chi connectivity index (χ2v) is 6.15. The molecule has 2 rings (SSSR count). The number of nitrogens with zero attached hydrogens (tertiary/aromatic N) is 1. The second kappa shape index (κ2) is 7.25. The first-order chi connectivity index (χ1) is 9.18. The molecule has 1 aliphatic carbocycles. The van der Waals surface area contributed by atoms with E-state index < -0.39 is 0 Å². The van der Waals surface area contributed by atoms with Crippen LogP contribution >= 0.6 is 0 Å². The molecular formula is C15H28N2O2. The van der Waals surface area contributed by atoms with Gasteiger partial charge in [-0.15, -0.1) is 0 Å². The summed E-state index contributed by atoms with van der Waals surface area (Å²) >= 11 is 0. The van der Waals surface area contributed by atoms with Gasteiger partial charge in [0.15, 0.2) is 0 Å². The van der Waals surface area contributed by atoms with Gasteiger partial charge in [-0.2, -0.15) is 0 Å². The predicted octanol–water partition coefficient (Wildman–Crippen LogP) is 1.79. The fraction of sp³-hybridized carbons (Fsp3) is 0.933. The Morgan fingerprint density at radius 3 is 2.79 bits per heavy atom. The normalized spacial score (nSPS) is 24.7. The lowest BCUT2D eigenvalue weighted by Crippen LogP contribution is -2.52. The number of carbonyl (C=O) groups is 1. The van der Waals surface area contributed by atoms with Crippen LogP contribution in [0.3, 0.4) is 0 Å². The summed E-state index contributed by atoms with van der Waals surface area (Å²) in [6.07, 6.45) is 6.01. The van der Waals surface area contributed by atoms with E-state index in [2.05, 4.69) is 24.1 Å². The smallest absolute Gasteiger partial charge is 0.237 e. The third-order valence-electron chi connectivity index (χ3n) is 4.11. The fourth-order valence-corrected chi connectivity index (χ4v) is 2.75. The third-order valence-corrected chi connectivity index (χ3v) is 4.11. The zero-order chi connectivity index (χ0) is 13.7. The zero-order valence-corrected chi connectivity index (χ0v) is 12.4. The minimum absolute atomic E-state index is 0.0668. The fourth-order valence-electron chi connectivity index (χ4n) is 2.75. The minimum Gasteiger partial charge on any atom is -0.379 e. The van der Waals surface area contributed by atoms with Crippen molar-refractivity contribution < 1.29 is 9.53 Å². The van der Waals surface area contributed by atoms with Gasteiger partial charge in [0.2, 0.25) is 5.91 Å². The molecule has 1 N–H and O–H groups in total. The van der Waals surface area contributed by atoms with Crippen LogP contribution in [0.1, 0.15) is 46.0 Å². The molecule has 0 spiro atoms. The first kappa shape index (κ1) is 14.8. The lowest BCUT2D eigenvalue weighted by molar-refractivity contribution is -0.128. The van der Waals surface area contributed by atoms with Gasteiger partial charge >= 0.3 is 0 Å². The van der Waals surface area contributed by atoms with E-state index in [4.69, 9.17) is 4.74 Å². The molecule has 2 fully saturated rings. The van der Waals surface area contributed by atoms with Crippen molar-refractivity contribution in [3.05, 3.63) is 0 Å². The van der Waals surface area contributed by atoms with Crippen LogP contribution in [0.4, 0.5) is 0 Å². The number of rotatable bonds is 7. The lowest BCUT2D eigenvalue weighted by atomic mass is 10.00. The summed E-state index contributed by atoms with van der Waals surface area (Å²) in [6, 6.07) is 0.513. The van der Waals surface area contributed by atoms with Crippen LogP contribution < -0.4 is 5.32 Å². The molecule has 0 aromatic heterocycles. The van der Waals surface area contributed by atoms with E-state index in [1.54, 1.807) is 0 Å². The number of amides is 1. The summed E-state index contributed by atoms with van der Waals surface area (Å²) < 4.78 is 5.54. The Labute approximate surface area is 116 Å². The molecule has 19 heavy (non-hydrogen) atoms. The Morgan fingerprint density at radius 1 is 1.32 bits per heavy atom. The molecule has 1 saturated heterocycles. The van der Waals surface area contributed by atoms with Crippen LogP contribution in [-0.4, -0.2) is 49.2 Å². The molecule has 0 bridgehead atoms. The van der Waals surface area contributed by atoms with Crippen LogP contribution in [0.2, 0.25) is 0 Å². The van der Waals surface area contributed by atoms with Crippen molar-refractivity contribution in [1.82, 2.24) is 10.2 Å². The SMILES string of the molecule is CC(C)N1CCCC[C@@H]1C(=O)NCCOCC1CC1. The van der Waals surface area contributed by atoms with Crippen molar-refractivity contribution >= 4 is 5.91 Å². The molecule has 1 heterocycles. The largest absolute Gasteiger partial charge is 0.379 e. The van der Waals surface area contributed by atoms with Crippen molar-refractivity contribution in [2.75, 3.05) is 26.3 Å². The monoisotopic (exact) mass is 268 g/mol. The molecule has 1 saturated carbocycles. The number of piperidine rings is 1. The first-order valence-electron chi connectivity index (χ1n) is 7.79. The van der Waals surface area contributed by atoms with E-state index in [1.165, 1.54) is 25.7 Å². The average Bonchev–Trinajstić information content (AvgIpc) is 3.22. The van der Waals surface area contributed by atoms with Crippen molar-refractivity contribution in [2.45, 2.75) is 58.0 Å². The van der Waals surface area contributed by atoms with Crippen LogP contribution in [-0.2, 0) is 9.53 Å². The van der Waals surface area contributed by atoms with E-state index in [0.29, 0.717) is 19.2 Å². The van der Waals surface area contributed by atoms with Crippen molar-refractivity contribution in [3.8, 4) is 0 Å². The summed E-state index contributed by atoms with van der Waals surface area (Å²) in [5, 5.41) is 3.03. The zero-order valence-electron chi connectivity index (χ0n) is 12.4. The Kier molecular flexibility index (Phi) is 5.64. The first-order valence-corrected chi connectivity index (χ1v) is 7.79. The van der Waals surface area contributed by atoms with Gasteiger partial charge in [0.1, 0.15) is 0 Å². The van der Waals surface area contributed by atoms with Gasteiger partial charge in [-0.05, 0) is 52.0 Å². The van der Waals surface area contributed by atoms with Gasteiger partial charge in [-0.25, -0.2) is 0 Å². The summed E-state index contributed by atoms with van der Waals surface area (Å²) in [4.78, 5) is 14.5. The van der Waals surface area contributed by atoms with E-state index in [1.807, 2.05) is 0 Å². The quantitative estimate of drug-likeness (QED) is 0.716. The Bertz CT molecular complexity index is 290. The molecule has 0 unspecified atom stereocenters. The molecule has 2 aliphatic rings. The third kappa shape index (κ3) is 4.77. The summed E-state index contributed by atoms with van der Waals surface area (Å²) in [6.45, 7) is 7.56. The predicted molar refractivity (Wildman–Crippen MR) is 76.0 cm³/mol. The Hall–Kier alpha value is -0.610. The maximum absolute atomic E-state index is 12.2. The maximum atomic E-state index is 12.2. The van der Waals surface area contributed by atoms with Gasteiger partial charge < -0.3 is 10.1 Å². The molecule has 0 radical (unpaired) electrons. The molecule has 1 aliphatic heterocycles. The molecule has 110 valence electrons. The van der Waals surface area contributed by atoms with Crippen LogP contribution in [0.5, 0.6) is 0 Å². The van der Waals surface area contributed by atoms with Gasteiger partial charge in [0, 0.05) is 19.2 Å². The van der Waals surface area contributed by atoms with E-state index in [0.717, 1.165) is 25.5 Å². The highest BCUT2D eigenvalue weighted by molar-refractivity contribution is 5.81. The molecule has 1 amide bonds. The summed E-state index contributed by atoms with van der Waals surface area (Å²) in [5.74, 6) is 0.980. The maximum Gasteiger partial charge on any atom is 0.237 e. The van der Waals surface area contributed by atoms with E-state index in [9.17, 15) is 4.79 Å². The average molecular weight is 268 g/mol. The minimum atomic E-state index is 0.0668. The summed E-state index contributed by atoms with van der Waals surface area (Å²) in [5.41, 5.74) is 0. The Morgan fingerprint density at radius 2 is 2.11 bits per heavy atom. The van der Waals surface area contributed by atoms with Gasteiger partial charge in [-0.3, -0.25) is 9.69 Å². The lowest BCUT2D eigenvalue weighted by Gasteiger charge is -2.37. The van der Waals surface area contributed by atoms with E-state index in [-0.39, 0.29) is 11.9 Å². The number of carbonyl (C=O) groups excluding carboxylic acids is 1. The van der Waals surface area contributed by atoms with E-state index >= 15 is 0 Å². The van der Waals surface area contributed by atoms with Crippen molar-refractivity contribution in [1.29, 1.82) is 0 Å². The standard InChI is InChI=1S/C15H28N2O2/c1-12(2)17-9-4-3-5-14(17)15(18)16-8-10-19-11-13-6-7-13/h12-14H,3-11H2,1-2H3,(H,16,18)/t14-/m1/s1. The number of likely N-dealkylation sites (tertiary alicyclic amines) is 1. The molecular weight excluding hydrogens is 240 g/mol. The second-order valence-electron chi connectivity index (χ2n) is 6.15. The highest BCUT2D eigenvalue weighted by Crippen LogP contribution is 2.28. The number of hydrogen-bond donors (Lipinski definition) is 1. The molecule has 1 atom stereocenters.